The van der Waals surface area contributed by atoms with Gasteiger partial charge in [-0.3, -0.25) is 4.79 Å². The number of amides is 1. The van der Waals surface area contributed by atoms with Crippen LogP contribution in [0.25, 0.3) is 0 Å². The molecule has 0 atom stereocenters. The van der Waals surface area contributed by atoms with Crippen LogP contribution in [0.2, 0.25) is 0 Å². The van der Waals surface area contributed by atoms with Gasteiger partial charge in [-0.25, -0.2) is 8.42 Å². The molecular weight excluding hydrogens is 382 g/mol. The number of carbonyl (C=O) groups is 1. The van der Waals surface area contributed by atoms with E-state index in [4.69, 9.17) is 9.47 Å². The summed E-state index contributed by atoms with van der Waals surface area (Å²) >= 11 is 0. The Bertz CT molecular complexity index is 991. The van der Waals surface area contributed by atoms with Crippen molar-refractivity contribution in [3.63, 3.8) is 0 Å². The molecule has 2 aromatic rings. The standard InChI is InChI=1S/C19H25N3O5S/c1-12-17(19(23)21-14-7-8-15(26-3)16(11-14)27-4)20-13(2)18(12)28(24,25)22-9-5-6-10-22/h7-8,11,20H,5-6,9-10H2,1-4H3,(H,21,23). The summed E-state index contributed by atoms with van der Waals surface area (Å²) in [6.07, 6.45) is 1.71. The average molecular weight is 407 g/mol. The van der Waals surface area contributed by atoms with E-state index in [1.807, 2.05) is 0 Å². The van der Waals surface area contributed by atoms with Gasteiger partial charge in [0.15, 0.2) is 11.5 Å². The molecule has 2 N–H and O–H groups in total. The molecule has 1 aromatic carbocycles. The fourth-order valence-electron chi connectivity index (χ4n) is 3.51. The Morgan fingerprint density at radius 3 is 2.36 bits per heavy atom. The summed E-state index contributed by atoms with van der Waals surface area (Å²) in [7, 11) is -0.577. The van der Waals surface area contributed by atoms with Crippen LogP contribution in [0.4, 0.5) is 5.69 Å². The van der Waals surface area contributed by atoms with E-state index in [9.17, 15) is 13.2 Å². The van der Waals surface area contributed by atoms with E-state index in [0.29, 0.717) is 41.5 Å². The van der Waals surface area contributed by atoms with Crippen molar-refractivity contribution in [2.24, 2.45) is 0 Å². The van der Waals surface area contributed by atoms with E-state index >= 15 is 0 Å². The van der Waals surface area contributed by atoms with Gasteiger partial charge in [-0.15, -0.1) is 0 Å². The molecule has 2 heterocycles. The Labute approximate surface area is 164 Å². The predicted molar refractivity (Wildman–Crippen MR) is 106 cm³/mol. The lowest BCUT2D eigenvalue weighted by Gasteiger charge is -2.16. The van der Waals surface area contributed by atoms with Crippen LogP contribution >= 0.6 is 0 Å². The summed E-state index contributed by atoms with van der Waals surface area (Å²) in [4.78, 5) is 15.9. The minimum Gasteiger partial charge on any atom is -0.493 e. The van der Waals surface area contributed by atoms with Gasteiger partial charge in [-0.1, -0.05) is 0 Å². The number of aromatic nitrogens is 1. The highest BCUT2D eigenvalue weighted by molar-refractivity contribution is 7.89. The highest BCUT2D eigenvalue weighted by Crippen LogP contribution is 2.31. The lowest BCUT2D eigenvalue weighted by Crippen LogP contribution is -2.28. The first-order chi connectivity index (χ1) is 13.3. The molecule has 1 fully saturated rings. The second-order valence-corrected chi connectivity index (χ2v) is 8.59. The van der Waals surface area contributed by atoms with Gasteiger partial charge in [0.25, 0.3) is 5.91 Å². The van der Waals surface area contributed by atoms with Crippen LogP contribution in [0.15, 0.2) is 23.1 Å². The maximum atomic E-state index is 13.0. The Morgan fingerprint density at radius 2 is 1.75 bits per heavy atom. The molecule has 152 valence electrons. The van der Waals surface area contributed by atoms with Gasteiger partial charge in [-0.2, -0.15) is 4.31 Å². The molecule has 28 heavy (non-hydrogen) atoms. The van der Waals surface area contributed by atoms with Crippen LogP contribution in [0.1, 0.15) is 34.6 Å². The van der Waals surface area contributed by atoms with Crippen molar-refractivity contribution in [3.05, 3.63) is 35.2 Å². The number of benzene rings is 1. The molecule has 0 unspecified atom stereocenters. The number of hydrogen-bond acceptors (Lipinski definition) is 5. The van der Waals surface area contributed by atoms with Gasteiger partial charge in [0.1, 0.15) is 10.6 Å². The number of anilines is 1. The number of ether oxygens (including phenoxy) is 2. The number of H-pyrrole nitrogens is 1. The van der Waals surface area contributed by atoms with Crippen molar-refractivity contribution < 1.29 is 22.7 Å². The molecule has 0 bridgehead atoms. The van der Waals surface area contributed by atoms with Gasteiger partial charge in [0, 0.05) is 30.5 Å². The molecule has 1 aromatic heterocycles. The lowest BCUT2D eigenvalue weighted by molar-refractivity contribution is 0.102. The molecule has 1 aliphatic rings. The molecule has 0 spiro atoms. The van der Waals surface area contributed by atoms with Crippen LogP contribution in [-0.4, -0.2) is 50.9 Å². The molecule has 9 heteroatoms. The highest BCUT2D eigenvalue weighted by Gasteiger charge is 2.33. The summed E-state index contributed by atoms with van der Waals surface area (Å²) in [6.45, 7) is 4.35. The van der Waals surface area contributed by atoms with E-state index in [1.54, 1.807) is 32.0 Å². The molecule has 1 aliphatic heterocycles. The topological polar surface area (TPSA) is 101 Å². The summed E-state index contributed by atoms with van der Waals surface area (Å²) in [5.41, 5.74) is 1.62. The van der Waals surface area contributed by atoms with Crippen molar-refractivity contribution in [3.8, 4) is 11.5 Å². The Kier molecular flexibility index (Phi) is 5.66. The van der Waals surface area contributed by atoms with Crippen molar-refractivity contribution >= 4 is 21.6 Å². The normalized spacial score (nSPS) is 14.9. The van der Waals surface area contributed by atoms with Crippen LogP contribution in [-0.2, 0) is 10.0 Å². The molecular formula is C19H25N3O5S. The monoisotopic (exact) mass is 407 g/mol. The SMILES string of the molecule is COc1ccc(NC(=O)c2[nH]c(C)c(S(=O)(=O)N3CCCC3)c2C)cc1OC. The lowest BCUT2D eigenvalue weighted by atomic mass is 10.2. The van der Waals surface area contributed by atoms with E-state index in [-0.39, 0.29) is 10.6 Å². The number of carbonyl (C=O) groups excluding carboxylic acids is 1. The molecule has 0 saturated carbocycles. The zero-order chi connectivity index (χ0) is 20.5. The first-order valence-electron chi connectivity index (χ1n) is 9.02. The van der Waals surface area contributed by atoms with Crippen LogP contribution < -0.4 is 14.8 Å². The Morgan fingerprint density at radius 1 is 1.11 bits per heavy atom. The number of methoxy groups -OCH3 is 2. The Balaban J connectivity index is 1.89. The van der Waals surface area contributed by atoms with E-state index in [1.165, 1.54) is 18.5 Å². The van der Waals surface area contributed by atoms with Crippen LogP contribution in [0.5, 0.6) is 11.5 Å². The second-order valence-electron chi connectivity index (χ2n) is 6.71. The number of rotatable bonds is 6. The Hall–Kier alpha value is -2.52. The summed E-state index contributed by atoms with van der Waals surface area (Å²) < 4.78 is 37.8. The van der Waals surface area contributed by atoms with Crippen LogP contribution in [0.3, 0.4) is 0 Å². The van der Waals surface area contributed by atoms with Crippen molar-refractivity contribution in [2.45, 2.75) is 31.6 Å². The number of sulfonamides is 1. The maximum absolute atomic E-state index is 13.0. The summed E-state index contributed by atoms with van der Waals surface area (Å²) in [5, 5.41) is 2.77. The van der Waals surface area contributed by atoms with Crippen molar-refractivity contribution in [1.29, 1.82) is 0 Å². The van der Waals surface area contributed by atoms with E-state index < -0.39 is 15.9 Å². The third-order valence-electron chi connectivity index (χ3n) is 4.90. The van der Waals surface area contributed by atoms with Crippen LogP contribution in [0, 0.1) is 13.8 Å². The minimum absolute atomic E-state index is 0.187. The smallest absolute Gasteiger partial charge is 0.272 e. The quantitative estimate of drug-likeness (QED) is 0.767. The first kappa shape index (κ1) is 20.2. The van der Waals surface area contributed by atoms with Gasteiger partial charge in [-0.05, 0) is 44.4 Å². The maximum Gasteiger partial charge on any atom is 0.272 e. The zero-order valence-electron chi connectivity index (χ0n) is 16.5. The molecule has 1 amide bonds. The predicted octanol–water partition coefficient (Wildman–Crippen LogP) is 2.69. The zero-order valence-corrected chi connectivity index (χ0v) is 17.3. The van der Waals surface area contributed by atoms with Gasteiger partial charge in [0.05, 0.1) is 14.2 Å². The fraction of sp³-hybridized carbons (Fsp3) is 0.421. The number of nitrogens with zero attached hydrogens (tertiary/aromatic N) is 1. The number of nitrogens with one attached hydrogen (secondary N) is 2. The second kappa shape index (κ2) is 7.84. The fourth-order valence-corrected chi connectivity index (χ4v) is 5.44. The highest BCUT2D eigenvalue weighted by atomic mass is 32.2. The largest absolute Gasteiger partial charge is 0.493 e. The minimum atomic E-state index is -3.62. The number of aromatic amines is 1. The molecule has 0 radical (unpaired) electrons. The molecule has 3 rings (SSSR count). The van der Waals surface area contributed by atoms with Gasteiger partial charge >= 0.3 is 0 Å². The molecule has 8 nitrogen and oxygen atoms in total. The van der Waals surface area contributed by atoms with Crippen molar-refractivity contribution in [2.75, 3.05) is 32.6 Å². The number of aryl methyl sites for hydroxylation is 1. The van der Waals surface area contributed by atoms with Gasteiger partial charge in [0.2, 0.25) is 10.0 Å². The third-order valence-corrected chi connectivity index (χ3v) is 7.07. The molecule has 0 aliphatic carbocycles. The van der Waals surface area contributed by atoms with E-state index in [2.05, 4.69) is 10.3 Å². The van der Waals surface area contributed by atoms with E-state index in [0.717, 1.165) is 12.8 Å². The van der Waals surface area contributed by atoms with Gasteiger partial charge < -0.3 is 19.8 Å². The number of hydrogen-bond donors (Lipinski definition) is 2. The summed E-state index contributed by atoms with van der Waals surface area (Å²) in [5.74, 6) is 0.610. The summed E-state index contributed by atoms with van der Waals surface area (Å²) in [6, 6.07) is 5.01. The van der Waals surface area contributed by atoms with Crippen molar-refractivity contribution in [1.82, 2.24) is 9.29 Å². The first-order valence-corrected chi connectivity index (χ1v) is 10.5. The third kappa shape index (κ3) is 3.59. The average Bonchev–Trinajstić information content (AvgIpc) is 3.30. The molecule has 1 saturated heterocycles.